The minimum Gasteiger partial charge on any atom is -0.456 e. The topological polar surface area (TPSA) is 89.6 Å². The lowest BCUT2D eigenvalue weighted by Gasteiger charge is -2.26. The van der Waals surface area contributed by atoms with Gasteiger partial charge >= 0.3 is 0 Å². The number of aldehydes is 1. The molecule has 0 aliphatic carbocycles. The Bertz CT molecular complexity index is 1310. The van der Waals surface area contributed by atoms with Gasteiger partial charge < -0.3 is 15.8 Å². The molecule has 1 aromatic heterocycles. The van der Waals surface area contributed by atoms with Gasteiger partial charge in [-0.25, -0.2) is 4.98 Å². The molecule has 2 heterocycles. The summed E-state index contributed by atoms with van der Waals surface area (Å²) in [6.45, 7) is 8.33. The fourth-order valence-electron chi connectivity index (χ4n) is 3.89. The van der Waals surface area contributed by atoms with Gasteiger partial charge in [0.2, 0.25) is 0 Å². The van der Waals surface area contributed by atoms with Crippen LogP contribution in [0.4, 0.5) is 11.5 Å². The average Bonchev–Trinajstić information content (AvgIpc) is 2.81. The number of hydrogen-bond acceptors (Lipinski definition) is 6. The van der Waals surface area contributed by atoms with Crippen LogP contribution < -0.4 is 15.8 Å². The molecule has 0 fully saturated rings. The third-order valence-electron chi connectivity index (χ3n) is 5.55. The Balaban J connectivity index is 1.73. The van der Waals surface area contributed by atoms with Gasteiger partial charge in [-0.15, -0.1) is 0 Å². The highest BCUT2D eigenvalue weighted by Gasteiger charge is 2.24. The Labute approximate surface area is 193 Å². The number of aryl methyl sites for hydroxylation is 1. The summed E-state index contributed by atoms with van der Waals surface area (Å²) in [5.41, 5.74) is 12.8. The van der Waals surface area contributed by atoms with E-state index in [1.54, 1.807) is 31.6 Å². The molecule has 1 aliphatic heterocycles. The van der Waals surface area contributed by atoms with Crippen LogP contribution in [0.2, 0.25) is 0 Å². The number of carbonyl (C=O) groups is 1. The summed E-state index contributed by atoms with van der Waals surface area (Å²) in [5.74, 6) is 1.94. The number of nitrogens with two attached hydrogens (primary N) is 1. The highest BCUT2D eigenvalue weighted by atomic mass is 16.5. The number of aromatic nitrogens is 1. The van der Waals surface area contributed by atoms with E-state index in [1.165, 1.54) is 0 Å². The van der Waals surface area contributed by atoms with Crippen molar-refractivity contribution >= 4 is 35.3 Å². The Hall–Kier alpha value is -4.19. The van der Waals surface area contributed by atoms with Crippen molar-refractivity contribution in [2.45, 2.75) is 19.9 Å². The van der Waals surface area contributed by atoms with Gasteiger partial charge in [0.1, 0.15) is 17.3 Å². The van der Waals surface area contributed by atoms with Gasteiger partial charge in [0, 0.05) is 47.4 Å². The van der Waals surface area contributed by atoms with Gasteiger partial charge in [-0.2, -0.15) is 0 Å². The number of carbonyl (C=O) groups excluding carboxylic acids is 1. The van der Waals surface area contributed by atoms with E-state index in [0.717, 1.165) is 45.4 Å². The lowest BCUT2D eigenvalue weighted by Crippen LogP contribution is -2.14. The second kappa shape index (κ2) is 9.12. The Morgan fingerprint density at radius 2 is 2.03 bits per heavy atom. The van der Waals surface area contributed by atoms with Crippen LogP contribution >= 0.6 is 0 Å². The summed E-state index contributed by atoms with van der Waals surface area (Å²) in [4.78, 5) is 19.8. The Morgan fingerprint density at radius 1 is 1.21 bits per heavy atom. The van der Waals surface area contributed by atoms with E-state index in [9.17, 15) is 4.79 Å². The van der Waals surface area contributed by atoms with Crippen molar-refractivity contribution in [3.05, 3.63) is 94.7 Å². The quantitative estimate of drug-likeness (QED) is 0.303. The Morgan fingerprint density at radius 3 is 2.79 bits per heavy atom. The first-order chi connectivity index (χ1) is 15.9. The van der Waals surface area contributed by atoms with E-state index >= 15 is 0 Å². The normalized spacial score (nSPS) is 13.8. The molecule has 6 heteroatoms. The van der Waals surface area contributed by atoms with Gasteiger partial charge in [-0.05, 0) is 67.5 Å². The maximum atomic E-state index is 11.4. The second-order valence-electron chi connectivity index (χ2n) is 8.02. The number of nitrogens with one attached hydrogen (secondary N) is 1. The second-order valence-corrected chi connectivity index (χ2v) is 8.02. The lowest BCUT2D eigenvalue weighted by atomic mass is 9.93. The molecule has 1 aliphatic rings. The number of nitrogens with zero attached hydrogens (tertiary/aromatic N) is 2. The molecule has 1 atom stereocenters. The van der Waals surface area contributed by atoms with E-state index < -0.39 is 0 Å². The molecule has 4 rings (SSSR count). The maximum absolute atomic E-state index is 11.4. The summed E-state index contributed by atoms with van der Waals surface area (Å²) in [5, 5.41) is 3.35. The van der Waals surface area contributed by atoms with E-state index in [2.05, 4.69) is 34.0 Å². The monoisotopic (exact) mass is 438 g/mol. The first-order valence-corrected chi connectivity index (χ1v) is 10.6. The highest BCUT2D eigenvalue weighted by molar-refractivity contribution is 5.92. The molecule has 0 radical (unpaired) electrons. The minimum absolute atomic E-state index is 0.173. The molecule has 166 valence electrons. The third kappa shape index (κ3) is 4.41. The Kier molecular flexibility index (Phi) is 6.09. The van der Waals surface area contributed by atoms with Crippen LogP contribution in [0.25, 0.3) is 11.3 Å². The molecule has 2 aromatic carbocycles. The van der Waals surface area contributed by atoms with Crippen molar-refractivity contribution in [3.63, 3.8) is 0 Å². The molecule has 3 aromatic rings. The predicted octanol–water partition coefficient (Wildman–Crippen LogP) is 5.45. The van der Waals surface area contributed by atoms with Crippen molar-refractivity contribution in [2.75, 3.05) is 18.1 Å². The number of anilines is 2. The van der Waals surface area contributed by atoms with Gasteiger partial charge in [-0.3, -0.25) is 9.79 Å². The molecule has 3 N–H and O–H groups in total. The SMILES string of the molecule is C=C1C=C(c2ccc(N)c(C=NC)c2)Oc2c1cc(C)cc2C(C)Nc1ncccc1C=O. The van der Waals surface area contributed by atoms with Crippen LogP contribution in [0, 0.1) is 6.92 Å². The fraction of sp³-hybridized carbons (Fsp3) is 0.148. The predicted molar refractivity (Wildman–Crippen MR) is 135 cm³/mol. The zero-order valence-electron chi connectivity index (χ0n) is 18.9. The molecule has 6 nitrogen and oxygen atoms in total. The fourth-order valence-corrected chi connectivity index (χ4v) is 3.89. The van der Waals surface area contributed by atoms with E-state index in [1.807, 2.05) is 38.1 Å². The van der Waals surface area contributed by atoms with E-state index in [-0.39, 0.29) is 6.04 Å². The van der Waals surface area contributed by atoms with Crippen molar-refractivity contribution < 1.29 is 9.53 Å². The molecule has 0 saturated carbocycles. The average molecular weight is 439 g/mol. The number of rotatable bonds is 6. The van der Waals surface area contributed by atoms with Crippen LogP contribution in [0.5, 0.6) is 5.75 Å². The van der Waals surface area contributed by atoms with Crippen molar-refractivity contribution in [2.24, 2.45) is 4.99 Å². The van der Waals surface area contributed by atoms with Gasteiger partial charge in [0.15, 0.2) is 6.29 Å². The number of pyridine rings is 1. The smallest absolute Gasteiger partial charge is 0.153 e. The zero-order chi connectivity index (χ0) is 23.5. The van der Waals surface area contributed by atoms with Crippen molar-refractivity contribution in [1.29, 1.82) is 0 Å². The lowest BCUT2D eigenvalue weighted by molar-refractivity contribution is 0.112. The number of fused-ring (bicyclic) bond motifs is 1. The van der Waals surface area contributed by atoms with Gasteiger partial charge in [-0.1, -0.05) is 12.6 Å². The number of hydrogen-bond donors (Lipinski definition) is 2. The molecular weight excluding hydrogens is 412 g/mol. The molecule has 0 amide bonds. The zero-order valence-corrected chi connectivity index (χ0v) is 18.9. The van der Waals surface area contributed by atoms with Gasteiger partial charge in [0.05, 0.1) is 11.6 Å². The highest BCUT2D eigenvalue weighted by Crippen LogP contribution is 2.42. The first kappa shape index (κ1) is 22.0. The van der Waals surface area contributed by atoms with Crippen LogP contribution in [0.15, 0.2) is 66.3 Å². The number of benzene rings is 2. The molecule has 33 heavy (non-hydrogen) atoms. The van der Waals surface area contributed by atoms with Crippen molar-refractivity contribution in [3.8, 4) is 5.75 Å². The minimum atomic E-state index is -0.173. The molecule has 0 bridgehead atoms. The number of ether oxygens (including phenoxy) is 1. The van der Waals surface area contributed by atoms with Crippen LogP contribution in [0.1, 0.15) is 51.1 Å². The summed E-state index contributed by atoms with van der Waals surface area (Å²) in [6, 6.07) is 13.2. The number of allylic oxidation sites excluding steroid dienone is 2. The van der Waals surface area contributed by atoms with Gasteiger partial charge in [0.25, 0.3) is 0 Å². The van der Waals surface area contributed by atoms with Crippen LogP contribution in [0.3, 0.4) is 0 Å². The molecule has 0 spiro atoms. The third-order valence-corrected chi connectivity index (χ3v) is 5.55. The summed E-state index contributed by atoms with van der Waals surface area (Å²) >= 11 is 0. The van der Waals surface area contributed by atoms with Crippen LogP contribution in [-0.4, -0.2) is 24.5 Å². The molecule has 1 unspecified atom stereocenters. The van der Waals surface area contributed by atoms with E-state index in [0.29, 0.717) is 22.8 Å². The maximum Gasteiger partial charge on any atom is 0.153 e. The summed E-state index contributed by atoms with van der Waals surface area (Å²) in [6.07, 6.45) is 6.12. The largest absolute Gasteiger partial charge is 0.456 e. The molecule has 0 saturated heterocycles. The van der Waals surface area contributed by atoms with Crippen LogP contribution in [-0.2, 0) is 0 Å². The van der Waals surface area contributed by atoms with E-state index in [4.69, 9.17) is 10.5 Å². The first-order valence-electron chi connectivity index (χ1n) is 10.6. The van der Waals surface area contributed by atoms with Crippen molar-refractivity contribution in [1.82, 2.24) is 4.98 Å². The number of nitrogen functional groups attached to an aromatic ring is 1. The molecular formula is C27H26N4O2. The summed E-state index contributed by atoms with van der Waals surface area (Å²) in [7, 11) is 1.71. The standard InChI is InChI=1S/C27H26N4O2/c1-16-10-22-17(2)12-25(19-7-8-24(28)21(13-19)14-29-4)33-26(22)23(11-16)18(3)31-27-20(15-32)6-5-9-30-27/h5-15,18H,2,28H2,1,3-4H3,(H,30,31). The number of aliphatic imine (C=N–C) groups is 1. The summed E-state index contributed by atoms with van der Waals surface area (Å²) < 4.78 is 6.45.